The highest BCUT2D eigenvalue weighted by Crippen LogP contribution is 2.24. The van der Waals surface area contributed by atoms with Gasteiger partial charge in [0.1, 0.15) is 5.75 Å². The highest BCUT2D eigenvalue weighted by Gasteiger charge is 2.16. The van der Waals surface area contributed by atoms with Crippen molar-refractivity contribution in [2.75, 3.05) is 17.1 Å². The lowest BCUT2D eigenvalue weighted by Crippen LogP contribution is -2.15. The number of halogens is 1. The monoisotopic (exact) mass is 430 g/mol. The Labute approximate surface area is 174 Å². The Bertz CT molecular complexity index is 1150. The van der Waals surface area contributed by atoms with Crippen molar-refractivity contribution in [3.05, 3.63) is 82.9 Å². The normalized spacial score (nSPS) is 11.0. The van der Waals surface area contributed by atoms with Gasteiger partial charge in [-0.25, -0.2) is 8.42 Å². The number of methoxy groups -OCH3 is 1. The maximum Gasteiger partial charge on any atom is 0.261 e. The van der Waals surface area contributed by atoms with Gasteiger partial charge in [0.15, 0.2) is 0 Å². The number of hydrogen-bond acceptors (Lipinski definition) is 4. The van der Waals surface area contributed by atoms with Gasteiger partial charge in [0.05, 0.1) is 28.4 Å². The van der Waals surface area contributed by atoms with E-state index in [1.165, 1.54) is 19.2 Å². The maximum absolute atomic E-state index is 12.6. The summed E-state index contributed by atoms with van der Waals surface area (Å²) in [5.74, 6) is 0.222. The summed E-state index contributed by atoms with van der Waals surface area (Å²) in [6, 6.07) is 17.7. The van der Waals surface area contributed by atoms with Crippen molar-refractivity contribution < 1.29 is 17.9 Å². The number of nitrogens with one attached hydrogen (secondary N) is 2. The zero-order valence-electron chi connectivity index (χ0n) is 15.8. The molecule has 0 saturated heterocycles. The van der Waals surface area contributed by atoms with Crippen LogP contribution in [0.2, 0.25) is 5.02 Å². The summed E-state index contributed by atoms with van der Waals surface area (Å²) < 4.78 is 32.8. The Hall–Kier alpha value is -3.03. The van der Waals surface area contributed by atoms with Gasteiger partial charge in [0.25, 0.3) is 15.9 Å². The molecule has 3 aromatic rings. The molecule has 0 bridgehead atoms. The summed E-state index contributed by atoms with van der Waals surface area (Å²) in [6.45, 7) is 1.72. The van der Waals surface area contributed by atoms with Crippen LogP contribution in [0.15, 0.2) is 71.6 Å². The number of aryl methyl sites for hydroxylation is 1. The fourth-order valence-electron chi connectivity index (χ4n) is 2.64. The average molecular weight is 431 g/mol. The molecule has 150 valence electrons. The molecule has 0 heterocycles. The molecule has 29 heavy (non-hydrogen) atoms. The van der Waals surface area contributed by atoms with E-state index in [1.807, 2.05) is 0 Å². The lowest BCUT2D eigenvalue weighted by atomic mass is 10.1. The van der Waals surface area contributed by atoms with E-state index in [1.54, 1.807) is 61.5 Å². The molecule has 0 aliphatic heterocycles. The molecule has 3 rings (SSSR count). The molecule has 0 radical (unpaired) electrons. The van der Waals surface area contributed by atoms with E-state index < -0.39 is 10.0 Å². The fraction of sp³-hybridized carbons (Fsp3) is 0.0952. The Morgan fingerprint density at radius 2 is 1.66 bits per heavy atom. The second-order valence-corrected chi connectivity index (χ2v) is 8.33. The Balaban J connectivity index is 1.78. The number of ether oxygens (including phenoxy) is 1. The van der Waals surface area contributed by atoms with E-state index in [2.05, 4.69) is 10.0 Å². The first-order chi connectivity index (χ1) is 13.8. The van der Waals surface area contributed by atoms with Crippen LogP contribution in [0, 0.1) is 6.92 Å². The fourth-order valence-corrected chi connectivity index (χ4v) is 3.95. The number of benzene rings is 3. The number of hydrogen-bond donors (Lipinski definition) is 2. The van der Waals surface area contributed by atoms with Gasteiger partial charge < -0.3 is 10.1 Å². The van der Waals surface area contributed by atoms with Crippen LogP contribution in [0.25, 0.3) is 0 Å². The van der Waals surface area contributed by atoms with Gasteiger partial charge in [-0.1, -0.05) is 23.7 Å². The van der Waals surface area contributed by atoms with Gasteiger partial charge in [-0.05, 0) is 67.1 Å². The molecule has 3 aromatic carbocycles. The Kier molecular flexibility index (Phi) is 6.10. The standard InChI is InChI=1S/C21H19ClN2O4S/c1-14-13-15(21(25)23-20-6-4-3-5-18(20)22)7-12-19(14)24-29(26,27)17-10-8-16(28-2)9-11-17/h3-13,24H,1-2H3,(H,23,25). The topological polar surface area (TPSA) is 84.5 Å². The van der Waals surface area contributed by atoms with Crippen LogP contribution in [0.5, 0.6) is 5.75 Å². The summed E-state index contributed by atoms with van der Waals surface area (Å²) in [4.78, 5) is 12.6. The van der Waals surface area contributed by atoms with Crippen LogP contribution >= 0.6 is 11.6 Å². The summed E-state index contributed by atoms with van der Waals surface area (Å²) in [5, 5.41) is 3.17. The van der Waals surface area contributed by atoms with Crippen molar-refractivity contribution in [3.8, 4) is 5.75 Å². The van der Waals surface area contributed by atoms with Crippen LogP contribution in [-0.4, -0.2) is 21.4 Å². The average Bonchev–Trinajstić information content (AvgIpc) is 2.71. The third-order valence-electron chi connectivity index (χ3n) is 4.22. The smallest absolute Gasteiger partial charge is 0.261 e. The highest BCUT2D eigenvalue weighted by atomic mass is 35.5. The molecule has 0 aliphatic rings. The van der Waals surface area contributed by atoms with Gasteiger partial charge in [-0.3, -0.25) is 9.52 Å². The minimum Gasteiger partial charge on any atom is -0.497 e. The predicted octanol–water partition coefficient (Wildman–Crippen LogP) is 4.71. The van der Waals surface area contributed by atoms with E-state index in [9.17, 15) is 13.2 Å². The quantitative estimate of drug-likeness (QED) is 0.593. The molecule has 0 spiro atoms. The van der Waals surface area contributed by atoms with Gasteiger partial charge >= 0.3 is 0 Å². The van der Waals surface area contributed by atoms with Crippen LogP contribution in [-0.2, 0) is 10.0 Å². The summed E-state index contributed by atoms with van der Waals surface area (Å²) >= 11 is 6.06. The highest BCUT2D eigenvalue weighted by molar-refractivity contribution is 7.92. The third-order valence-corrected chi connectivity index (χ3v) is 5.94. The van der Waals surface area contributed by atoms with Gasteiger partial charge in [-0.15, -0.1) is 0 Å². The molecule has 0 fully saturated rings. The van der Waals surface area contributed by atoms with E-state index in [0.717, 1.165) is 0 Å². The van der Waals surface area contributed by atoms with Crippen molar-refractivity contribution in [3.63, 3.8) is 0 Å². The molecular weight excluding hydrogens is 412 g/mol. The van der Waals surface area contributed by atoms with E-state index in [0.29, 0.717) is 33.3 Å². The number of rotatable bonds is 6. The van der Waals surface area contributed by atoms with Gasteiger partial charge in [0.2, 0.25) is 0 Å². The van der Waals surface area contributed by atoms with E-state index in [-0.39, 0.29) is 10.8 Å². The predicted molar refractivity (Wildman–Crippen MR) is 114 cm³/mol. The van der Waals surface area contributed by atoms with E-state index >= 15 is 0 Å². The number of carbonyl (C=O) groups is 1. The minimum absolute atomic E-state index is 0.109. The summed E-state index contributed by atoms with van der Waals surface area (Å²) in [7, 11) is -2.26. The van der Waals surface area contributed by atoms with Gasteiger partial charge in [0, 0.05) is 5.56 Å². The van der Waals surface area contributed by atoms with Crippen molar-refractivity contribution in [1.29, 1.82) is 0 Å². The van der Waals surface area contributed by atoms with E-state index in [4.69, 9.17) is 16.3 Å². The lowest BCUT2D eigenvalue weighted by Gasteiger charge is -2.13. The number of carbonyl (C=O) groups excluding carboxylic acids is 1. The van der Waals surface area contributed by atoms with Crippen LogP contribution in [0.3, 0.4) is 0 Å². The van der Waals surface area contributed by atoms with Crippen LogP contribution in [0.1, 0.15) is 15.9 Å². The summed E-state index contributed by atoms with van der Waals surface area (Å²) in [6.07, 6.45) is 0. The van der Waals surface area contributed by atoms with Gasteiger partial charge in [-0.2, -0.15) is 0 Å². The minimum atomic E-state index is -3.77. The molecule has 2 N–H and O–H groups in total. The second-order valence-electron chi connectivity index (χ2n) is 6.24. The maximum atomic E-state index is 12.6. The molecule has 8 heteroatoms. The summed E-state index contributed by atoms with van der Waals surface area (Å²) in [5.41, 5.74) is 1.87. The van der Waals surface area contributed by atoms with Crippen LogP contribution < -0.4 is 14.8 Å². The number of anilines is 2. The van der Waals surface area contributed by atoms with Crippen molar-refractivity contribution in [2.24, 2.45) is 0 Å². The number of amides is 1. The lowest BCUT2D eigenvalue weighted by molar-refractivity contribution is 0.102. The first-order valence-corrected chi connectivity index (χ1v) is 10.5. The zero-order chi connectivity index (χ0) is 21.0. The van der Waals surface area contributed by atoms with Crippen molar-refractivity contribution in [1.82, 2.24) is 0 Å². The molecule has 0 atom stereocenters. The molecule has 0 unspecified atom stereocenters. The first-order valence-electron chi connectivity index (χ1n) is 8.63. The largest absolute Gasteiger partial charge is 0.497 e. The van der Waals surface area contributed by atoms with Crippen molar-refractivity contribution >= 4 is 38.9 Å². The Morgan fingerprint density at radius 3 is 2.28 bits per heavy atom. The molecule has 6 nitrogen and oxygen atoms in total. The molecule has 0 aromatic heterocycles. The molecule has 0 aliphatic carbocycles. The molecule has 0 saturated carbocycles. The second kappa shape index (κ2) is 8.55. The SMILES string of the molecule is COc1ccc(S(=O)(=O)Nc2ccc(C(=O)Nc3ccccc3Cl)cc2C)cc1. The third kappa shape index (κ3) is 4.88. The zero-order valence-corrected chi connectivity index (χ0v) is 17.3. The number of para-hydroxylation sites is 1. The first kappa shape index (κ1) is 20.7. The number of sulfonamides is 1. The van der Waals surface area contributed by atoms with Crippen LogP contribution in [0.4, 0.5) is 11.4 Å². The molecular formula is C21H19ClN2O4S. The van der Waals surface area contributed by atoms with Crippen molar-refractivity contribution in [2.45, 2.75) is 11.8 Å². The molecule has 1 amide bonds. The Morgan fingerprint density at radius 1 is 0.966 bits per heavy atom.